The first kappa shape index (κ1) is 25.0. The van der Waals surface area contributed by atoms with Crippen LogP contribution in [0.1, 0.15) is 29.2 Å². The van der Waals surface area contributed by atoms with Crippen LogP contribution in [0.15, 0.2) is 54.6 Å². The van der Waals surface area contributed by atoms with Crippen molar-refractivity contribution in [1.82, 2.24) is 0 Å². The molecule has 0 N–H and O–H groups in total. The van der Waals surface area contributed by atoms with Gasteiger partial charge >= 0.3 is 0 Å². The van der Waals surface area contributed by atoms with Crippen LogP contribution in [0.4, 0.5) is 22.0 Å². The van der Waals surface area contributed by atoms with E-state index >= 15 is 4.39 Å². The van der Waals surface area contributed by atoms with E-state index in [0.29, 0.717) is 34.9 Å². The van der Waals surface area contributed by atoms with Gasteiger partial charge in [-0.1, -0.05) is 41.9 Å². The molecule has 0 aromatic heterocycles. The second-order valence-corrected chi connectivity index (χ2v) is 8.64. The summed E-state index contributed by atoms with van der Waals surface area (Å²) in [6.07, 6.45) is 1.00. The Kier molecular flexibility index (Phi) is 7.60. The van der Waals surface area contributed by atoms with Crippen LogP contribution in [0.2, 0.25) is 5.02 Å². The summed E-state index contributed by atoms with van der Waals surface area (Å²) in [5, 5.41) is 0.493. The predicted molar refractivity (Wildman–Crippen MR) is 128 cm³/mol. The predicted octanol–water partition coefficient (Wildman–Crippen LogP) is 8.16. The van der Waals surface area contributed by atoms with Crippen LogP contribution in [0.5, 0.6) is 5.75 Å². The lowest BCUT2D eigenvalue weighted by Crippen LogP contribution is -2.02. The molecular formula is C28H22ClF5O. The van der Waals surface area contributed by atoms with Gasteiger partial charge in [-0.3, -0.25) is 0 Å². The first-order chi connectivity index (χ1) is 16.8. The topological polar surface area (TPSA) is 9.23 Å². The molecule has 182 valence electrons. The number of ether oxygens (including phenoxy) is 1. The van der Waals surface area contributed by atoms with Gasteiger partial charge in [-0.2, -0.15) is 0 Å². The molecule has 0 spiro atoms. The summed E-state index contributed by atoms with van der Waals surface area (Å²) in [4.78, 5) is 0. The van der Waals surface area contributed by atoms with Crippen LogP contribution in [-0.2, 0) is 25.7 Å². The van der Waals surface area contributed by atoms with Crippen LogP contribution >= 0.6 is 11.6 Å². The van der Waals surface area contributed by atoms with Crippen molar-refractivity contribution in [3.8, 4) is 5.75 Å². The van der Waals surface area contributed by atoms with Crippen molar-refractivity contribution in [3.05, 3.63) is 111 Å². The molecule has 0 radical (unpaired) electrons. The van der Waals surface area contributed by atoms with Gasteiger partial charge < -0.3 is 4.74 Å². The molecule has 0 bridgehead atoms. The van der Waals surface area contributed by atoms with Crippen LogP contribution in [0.25, 0.3) is 10.8 Å². The molecule has 0 atom stereocenters. The summed E-state index contributed by atoms with van der Waals surface area (Å²) in [5.41, 5.74) is 1.59. The molecule has 0 amide bonds. The standard InChI is InChI=1S/C28H22ClF5O/c1-2-35-20-14-23(30)22(24(31)15-20)10-5-16-4-9-21-19(11-16)8-7-18(28(21)34)6-3-17-12-25(32)27(29)26(33)13-17/h4,7-9,11-15H,2-3,5-6,10H2,1H3. The van der Waals surface area contributed by atoms with Gasteiger partial charge in [0.05, 0.1) is 6.61 Å². The Morgan fingerprint density at radius 2 is 1.34 bits per heavy atom. The van der Waals surface area contributed by atoms with E-state index in [0.717, 1.165) is 17.7 Å². The first-order valence-corrected chi connectivity index (χ1v) is 11.6. The van der Waals surface area contributed by atoms with E-state index in [4.69, 9.17) is 16.3 Å². The summed E-state index contributed by atoms with van der Waals surface area (Å²) in [5.74, 6) is -3.28. The Morgan fingerprint density at radius 1 is 0.686 bits per heavy atom. The van der Waals surface area contributed by atoms with E-state index in [1.165, 1.54) is 12.1 Å². The lowest BCUT2D eigenvalue weighted by Gasteiger charge is -2.11. The molecule has 0 unspecified atom stereocenters. The van der Waals surface area contributed by atoms with Crippen molar-refractivity contribution in [2.24, 2.45) is 0 Å². The third-order valence-corrected chi connectivity index (χ3v) is 6.28. The number of hydrogen-bond acceptors (Lipinski definition) is 1. The van der Waals surface area contributed by atoms with E-state index in [9.17, 15) is 17.6 Å². The molecule has 35 heavy (non-hydrogen) atoms. The van der Waals surface area contributed by atoms with Crippen LogP contribution in [0, 0.1) is 29.1 Å². The molecule has 0 aliphatic carbocycles. The van der Waals surface area contributed by atoms with Gasteiger partial charge in [0.25, 0.3) is 0 Å². The molecule has 0 aliphatic rings. The molecule has 7 heteroatoms. The molecule has 0 aliphatic heterocycles. The maximum atomic E-state index is 15.1. The highest BCUT2D eigenvalue weighted by Crippen LogP contribution is 2.27. The van der Waals surface area contributed by atoms with Crippen molar-refractivity contribution in [1.29, 1.82) is 0 Å². The SMILES string of the molecule is CCOc1cc(F)c(CCc2ccc3c(F)c(CCc4cc(F)c(Cl)c(F)c4)ccc3c2)c(F)c1. The zero-order valence-corrected chi connectivity index (χ0v) is 19.7. The normalized spacial score (nSPS) is 11.3. The second-order valence-electron chi connectivity index (χ2n) is 8.27. The molecule has 0 saturated carbocycles. The van der Waals surface area contributed by atoms with Gasteiger partial charge in [0.2, 0.25) is 0 Å². The molecule has 4 aromatic rings. The summed E-state index contributed by atoms with van der Waals surface area (Å²) < 4.78 is 76.2. The van der Waals surface area contributed by atoms with Gasteiger partial charge in [-0.15, -0.1) is 0 Å². The second kappa shape index (κ2) is 10.6. The zero-order chi connectivity index (χ0) is 25.1. The Balaban J connectivity index is 1.48. The molecule has 0 fully saturated rings. The molecule has 0 heterocycles. The van der Waals surface area contributed by atoms with Gasteiger partial charge in [0.1, 0.15) is 39.9 Å². The first-order valence-electron chi connectivity index (χ1n) is 11.2. The fourth-order valence-corrected chi connectivity index (χ4v) is 4.21. The van der Waals surface area contributed by atoms with Crippen molar-refractivity contribution < 1.29 is 26.7 Å². The molecule has 4 aromatic carbocycles. The number of halogens is 6. The minimum absolute atomic E-state index is 0.0230. The van der Waals surface area contributed by atoms with Crippen LogP contribution in [-0.4, -0.2) is 6.61 Å². The van der Waals surface area contributed by atoms with E-state index in [1.807, 2.05) is 0 Å². The van der Waals surface area contributed by atoms with E-state index in [-0.39, 0.29) is 30.6 Å². The monoisotopic (exact) mass is 504 g/mol. The minimum atomic E-state index is -0.849. The maximum absolute atomic E-state index is 15.1. The maximum Gasteiger partial charge on any atom is 0.145 e. The van der Waals surface area contributed by atoms with E-state index in [2.05, 4.69) is 0 Å². The Labute approximate surface area is 205 Å². The van der Waals surface area contributed by atoms with Crippen molar-refractivity contribution in [2.75, 3.05) is 6.61 Å². The average Bonchev–Trinajstić information content (AvgIpc) is 2.81. The summed E-state index contributed by atoms with van der Waals surface area (Å²) in [6.45, 7) is 2.04. The van der Waals surface area contributed by atoms with E-state index < -0.39 is 34.1 Å². The highest BCUT2D eigenvalue weighted by Gasteiger charge is 2.14. The van der Waals surface area contributed by atoms with Crippen LogP contribution < -0.4 is 4.74 Å². The molecule has 4 rings (SSSR count). The Morgan fingerprint density at radius 3 is 2.00 bits per heavy atom. The number of rotatable bonds is 8. The fourth-order valence-electron chi connectivity index (χ4n) is 4.10. The largest absolute Gasteiger partial charge is 0.494 e. The summed E-state index contributed by atoms with van der Waals surface area (Å²) in [7, 11) is 0. The third-order valence-electron chi connectivity index (χ3n) is 5.91. The Bertz CT molecular complexity index is 1340. The lowest BCUT2D eigenvalue weighted by molar-refractivity contribution is 0.335. The van der Waals surface area contributed by atoms with E-state index in [1.54, 1.807) is 37.3 Å². The summed E-state index contributed by atoms with van der Waals surface area (Å²) in [6, 6.07) is 13.2. The van der Waals surface area contributed by atoms with Crippen molar-refractivity contribution in [2.45, 2.75) is 32.6 Å². The smallest absolute Gasteiger partial charge is 0.145 e. The van der Waals surface area contributed by atoms with Gasteiger partial charge in [-0.25, -0.2) is 22.0 Å². The van der Waals surface area contributed by atoms with Crippen molar-refractivity contribution >= 4 is 22.4 Å². The zero-order valence-electron chi connectivity index (χ0n) is 18.9. The number of fused-ring (bicyclic) bond motifs is 1. The minimum Gasteiger partial charge on any atom is -0.494 e. The number of benzene rings is 4. The quantitative estimate of drug-likeness (QED) is 0.174. The van der Waals surface area contributed by atoms with Gasteiger partial charge in [0.15, 0.2) is 0 Å². The van der Waals surface area contributed by atoms with Gasteiger partial charge in [0, 0.05) is 23.1 Å². The molecule has 1 nitrogen and oxygen atoms in total. The summed E-state index contributed by atoms with van der Waals surface area (Å²) >= 11 is 5.51. The van der Waals surface area contributed by atoms with Crippen LogP contribution in [0.3, 0.4) is 0 Å². The fraction of sp³-hybridized carbons (Fsp3) is 0.214. The highest BCUT2D eigenvalue weighted by atomic mass is 35.5. The average molecular weight is 505 g/mol. The Hall–Kier alpha value is -3.12. The lowest BCUT2D eigenvalue weighted by atomic mass is 9.97. The highest BCUT2D eigenvalue weighted by molar-refractivity contribution is 6.30. The molecular weight excluding hydrogens is 483 g/mol. The van der Waals surface area contributed by atoms with Crippen molar-refractivity contribution in [3.63, 3.8) is 0 Å². The van der Waals surface area contributed by atoms with Gasteiger partial charge in [-0.05, 0) is 66.8 Å². The number of aryl methyl sites for hydroxylation is 3. The third kappa shape index (κ3) is 5.59. The number of hydrogen-bond donors (Lipinski definition) is 0. The molecule has 0 saturated heterocycles.